The molecule has 0 aliphatic heterocycles. The number of nitrogens with zero attached hydrogens (tertiary/aromatic N) is 1. The lowest BCUT2D eigenvalue weighted by Crippen LogP contribution is -2.28. The van der Waals surface area contributed by atoms with Gasteiger partial charge in [0.2, 0.25) is 0 Å². The molecule has 67 heavy (non-hydrogen) atoms. The average Bonchev–Trinajstić information content (AvgIpc) is 3.94. The molecule has 1 aliphatic carbocycles. The fourth-order valence-electron chi connectivity index (χ4n) is 11.0. The maximum atomic E-state index is 2.59. The highest BCUT2D eigenvalue weighted by Crippen LogP contribution is 2.60. The van der Waals surface area contributed by atoms with E-state index >= 15 is 0 Å². The molecule has 1 aromatic heterocycles. The number of rotatable bonds is 8. The zero-order valence-corrected chi connectivity index (χ0v) is 37.5. The van der Waals surface area contributed by atoms with Crippen LogP contribution in [0.1, 0.15) is 22.3 Å². The molecule has 0 fully saturated rings. The van der Waals surface area contributed by atoms with Crippen LogP contribution < -0.4 is 4.90 Å². The Morgan fingerprint density at radius 1 is 0.313 bits per heavy atom. The van der Waals surface area contributed by atoms with Crippen molar-refractivity contribution >= 4 is 59.3 Å². The van der Waals surface area contributed by atoms with E-state index in [2.05, 4.69) is 266 Å². The standard InChI is InChI=1S/C65H43NS/c1-4-21-45(22-5-1)51-41-40-48(47-39-38-44-20-10-11-23-46(44)42-47)43-61(51)66(59-35-16-13-28-52(59)54-31-18-32-55-53-29-14-17-37-62(53)67-64(54)55)60-36-19-34-58-63(60)56-30-12-15-33-57(56)65(58,49-24-6-2-7-25-49)50-26-8-3-9-27-50/h1-43H. The molecule has 0 saturated heterocycles. The second-order valence-corrected chi connectivity index (χ2v) is 18.6. The maximum Gasteiger partial charge on any atom is 0.0714 e. The van der Waals surface area contributed by atoms with E-state index in [1.54, 1.807) is 0 Å². The first-order valence-electron chi connectivity index (χ1n) is 23.1. The summed E-state index contributed by atoms with van der Waals surface area (Å²) in [6.45, 7) is 0. The van der Waals surface area contributed by atoms with Gasteiger partial charge < -0.3 is 4.90 Å². The van der Waals surface area contributed by atoms with Gasteiger partial charge in [0.15, 0.2) is 0 Å². The van der Waals surface area contributed by atoms with E-state index in [4.69, 9.17) is 0 Å². The number of thiophene rings is 1. The summed E-state index contributed by atoms with van der Waals surface area (Å²) in [5, 5.41) is 5.04. The minimum Gasteiger partial charge on any atom is -0.309 e. The fraction of sp³-hybridized carbons (Fsp3) is 0.0154. The van der Waals surface area contributed by atoms with Crippen molar-refractivity contribution in [3.63, 3.8) is 0 Å². The van der Waals surface area contributed by atoms with Crippen molar-refractivity contribution in [2.24, 2.45) is 0 Å². The summed E-state index contributed by atoms with van der Waals surface area (Å²) in [6, 6.07) is 96.6. The van der Waals surface area contributed by atoms with Gasteiger partial charge in [-0.25, -0.2) is 0 Å². The third-order valence-corrected chi connectivity index (χ3v) is 15.2. The van der Waals surface area contributed by atoms with Gasteiger partial charge in [-0.15, -0.1) is 11.3 Å². The van der Waals surface area contributed by atoms with Crippen LogP contribution in [-0.4, -0.2) is 0 Å². The Balaban J connectivity index is 1.16. The Labute approximate surface area is 395 Å². The van der Waals surface area contributed by atoms with E-state index in [9.17, 15) is 0 Å². The molecule has 0 bridgehead atoms. The highest BCUT2D eigenvalue weighted by atomic mass is 32.1. The van der Waals surface area contributed by atoms with E-state index in [-0.39, 0.29) is 0 Å². The van der Waals surface area contributed by atoms with E-state index in [1.807, 2.05) is 11.3 Å². The van der Waals surface area contributed by atoms with Crippen molar-refractivity contribution < 1.29 is 0 Å². The number of hydrogen-bond acceptors (Lipinski definition) is 2. The Hall–Kier alpha value is -8.30. The summed E-state index contributed by atoms with van der Waals surface area (Å²) in [5.74, 6) is 0. The van der Waals surface area contributed by atoms with Crippen LogP contribution >= 0.6 is 11.3 Å². The molecule has 0 saturated carbocycles. The Kier molecular flexibility index (Phi) is 9.33. The molecule has 2 heteroatoms. The van der Waals surface area contributed by atoms with E-state index < -0.39 is 5.41 Å². The first-order chi connectivity index (χ1) is 33.3. The molecular formula is C65H43NS. The topological polar surface area (TPSA) is 3.24 Å². The zero-order valence-electron chi connectivity index (χ0n) is 36.7. The molecule has 11 aromatic carbocycles. The zero-order chi connectivity index (χ0) is 44.3. The smallest absolute Gasteiger partial charge is 0.0714 e. The number of hydrogen-bond donors (Lipinski definition) is 0. The predicted molar refractivity (Wildman–Crippen MR) is 285 cm³/mol. The van der Waals surface area contributed by atoms with Gasteiger partial charge in [-0.3, -0.25) is 0 Å². The minimum atomic E-state index is -0.562. The molecule has 0 amide bonds. The third kappa shape index (κ3) is 6.22. The minimum absolute atomic E-state index is 0.562. The lowest BCUT2D eigenvalue weighted by molar-refractivity contribution is 0.768. The molecule has 13 rings (SSSR count). The van der Waals surface area contributed by atoms with E-state index in [1.165, 1.54) is 81.0 Å². The van der Waals surface area contributed by atoms with Crippen LogP contribution in [0.4, 0.5) is 17.1 Å². The van der Waals surface area contributed by atoms with Crippen LogP contribution in [0.2, 0.25) is 0 Å². The molecular weight excluding hydrogens is 827 g/mol. The largest absolute Gasteiger partial charge is 0.309 e. The summed E-state index contributed by atoms with van der Waals surface area (Å²) < 4.78 is 2.59. The highest BCUT2D eigenvalue weighted by Gasteiger charge is 2.47. The van der Waals surface area contributed by atoms with Crippen LogP contribution in [0, 0.1) is 0 Å². The SMILES string of the molecule is c1ccc(-c2ccc(-c3ccc4ccccc4c3)cc2N(c2ccccc2-c2cccc3c2sc2ccccc23)c2cccc3c2-c2ccccc2C3(c2ccccc2)c2ccccc2)cc1. The van der Waals surface area contributed by atoms with E-state index in [0.717, 1.165) is 33.8 Å². The fourth-order valence-corrected chi connectivity index (χ4v) is 12.3. The molecule has 1 aliphatic rings. The molecule has 1 heterocycles. The summed E-state index contributed by atoms with van der Waals surface area (Å²) in [4.78, 5) is 2.59. The Bertz CT molecular complexity index is 3770. The summed E-state index contributed by atoms with van der Waals surface area (Å²) in [6.07, 6.45) is 0. The Morgan fingerprint density at radius 3 is 1.69 bits per heavy atom. The van der Waals surface area contributed by atoms with Crippen molar-refractivity contribution in [1.29, 1.82) is 0 Å². The van der Waals surface area contributed by atoms with Gasteiger partial charge >= 0.3 is 0 Å². The predicted octanol–water partition coefficient (Wildman–Crippen LogP) is 18.0. The second kappa shape index (κ2) is 16.0. The Morgan fingerprint density at radius 2 is 0.881 bits per heavy atom. The summed E-state index contributed by atoms with van der Waals surface area (Å²) >= 11 is 1.88. The molecule has 12 aromatic rings. The maximum absolute atomic E-state index is 2.59. The van der Waals surface area contributed by atoms with Crippen LogP contribution in [-0.2, 0) is 5.41 Å². The molecule has 0 N–H and O–H groups in total. The first kappa shape index (κ1) is 39.1. The molecule has 0 spiro atoms. The lowest BCUT2D eigenvalue weighted by atomic mass is 9.68. The third-order valence-electron chi connectivity index (χ3n) is 13.9. The summed E-state index contributed by atoms with van der Waals surface area (Å²) in [5.41, 5.74) is 17.4. The van der Waals surface area contributed by atoms with Gasteiger partial charge in [0.05, 0.1) is 22.5 Å². The molecule has 314 valence electrons. The number of benzene rings is 11. The van der Waals surface area contributed by atoms with E-state index in [0.29, 0.717) is 0 Å². The lowest BCUT2D eigenvalue weighted by Gasteiger charge is -2.35. The van der Waals surface area contributed by atoms with Crippen LogP contribution in [0.5, 0.6) is 0 Å². The molecule has 0 atom stereocenters. The van der Waals surface area contributed by atoms with Crippen LogP contribution in [0.15, 0.2) is 261 Å². The molecule has 0 radical (unpaired) electrons. The van der Waals surface area contributed by atoms with Gasteiger partial charge in [-0.1, -0.05) is 231 Å². The first-order valence-corrected chi connectivity index (χ1v) is 23.9. The van der Waals surface area contributed by atoms with Gasteiger partial charge in [0.25, 0.3) is 0 Å². The van der Waals surface area contributed by atoms with Gasteiger partial charge in [-0.2, -0.15) is 0 Å². The van der Waals surface area contributed by atoms with Gasteiger partial charge in [0.1, 0.15) is 0 Å². The van der Waals surface area contributed by atoms with Crippen LogP contribution in [0.3, 0.4) is 0 Å². The molecule has 0 unspecified atom stereocenters. The second-order valence-electron chi connectivity index (χ2n) is 17.5. The van der Waals surface area contributed by atoms with Crippen LogP contribution in [0.25, 0.3) is 75.5 Å². The molecule has 1 nitrogen and oxygen atoms in total. The monoisotopic (exact) mass is 869 g/mol. The van der Waals surface area contributed by atoms with Crippen molar-refractivity contribution in [2.45, 2.75) is 5.41 Å². The average molecular weight is 870 g/mol. The summed E-state index contributed by atoms with van der Waals surface area (Å²) in [7, 11) is 0. The van der Waals surface area contributed by atoms with Gasteiger partial charge in [-0.05, 0) is 85.6 Å². The van der Waals surface area contributed by atoms with Crippen molar-refractivity contribution in [3.8, 4) is 44.5 Å². The number of para-hydroxylation sites is 1. The van der Waals surface area contributed by atoms with Crippen molar-refractivity contribution in [2.75, 3.05) is 4.90 Å². The van der Waals surface area contributed by atoms with Crippen molar-refractivity contribution in [3.05, 3.63) is 283 Å². The normalized spacial score (nSPS) is 12.6. The van der Waals surface area contributed by atoms with Crippen molar-refractivity contribution in [1.82, 2.24) is 0 Å². The number of anilines is 3. The number of fused-ring (bicyclic) bond motifs is 7. The quantitative estimate of drug-likeness (QED) is 0.147. The highest BCUT2D eigenvalue weighted by molar-refractivity contribution is 7.26. The van der Waals surface area contributed by atoms with Gasteiger partial charge in [0, 0.05) is 42.4 Å².